The van der Waals surface area contributed by atoms with Gasteiger partial charge in [0.15, 0.2) is 0 Å². The van der Waals surface area contributed by atoms with Crippen LogP contribution in [0.1, 0.15) is 35.7 Å². The fourth-order valence-corrected chi connectivity index (χ4v) is 2.70. The number of carbonyl (C=O) groups excluding carboxylic acids is 2. The number of benzene rings is 1. The third kappa shape index (κ3) is 7.08. The molecule has 1 rings (SSSR count). The van der Waals surface area contributed by atoms with Crippen molar-refractivity contribution in [1.29, 1.82) is 0 Å². The normalized spacial score (nSPS) is 13.1. The molecular formula is C15H19BF2O7S. The predicted octanol–water partition coefficient (Wildman–Crippen LogP) is 1.17. The highest BCUT2D eigenvalue weighted by Crippen LogP contribution is 2.24. The summed E-state index contributed by atoms with van der Waals surface area (Å²) in [5.74, 6) is -5.85. The Morgan fingerprint density at radius 3 is 2.31 bits per heavy atom. The van der Waals surface area contributed by atoms with Crippen LogP contribution in [0.25, 0.3) is 0 Å². The highest BCUT2D eigenvalue weighted by Gasteiger charge is 2.46. The summed E-state index contributed by atoms with van der Waals surface area (Å²) in [6.45, 7) is 0.00678. The van der Waals surface area contributed by atoms with Gasteiger partial charge in [-0.15, -0.1) is 0 Å². The van der Waals surface area contributed by atoms with Crippen molar-refractivity contribution in [3.63, 3.8) is 0 Å². The largest absolute Gasteiger partial charge is 0.462 e. The number of hydrogen-bond donors (Lipinski definition) is 1. The molecule has 0 aliphatic carbocycles. The minimum Gasteiger partial charge on any atom is -0.462 e. The lowest BCUT2D eigenvalue weighted by atomic mass is 9.96. The molecule has 1 aromatic carbocycles. The molecule has 0 fully saturated rings. The van der Waals surface area contributed by atoms with E-state index in [1.807, 2.05) is 7.85 Å². The highest BCUT2D eigenvalue weighted by molar-refractivity contribution is 7.86. The van der Waals surface area contributed by atoms with Gasteiger partial charge >= 0.3 is 22.1 Å². The van der Waals surface area contributed by atoms with Crippen LogP contribution in [0.2, 0.25) is 0 Å². The summed E-state index contributed by atoms with van der Waals surface area (Å²) in [7, 11) is -3.32. The van der Waals surface area contributed by atoms with Gasteiger partial charge in [0.25, 0.3) is 11.4 Å². The Morgan fingerprint density at radius 2 is 1.85 bits per heavy atom. The summed E-state index contributed by atoms with van der Waals surface area (Å²) in [5, 5.41) is 0. The molecule has 0 saturated carbocycles. The maximum absolute atomic E-state index is 13.1. The zero-order chi connectivity index (χ0) is 20.0. The fourth-order valence-electron chi connectivity index (χ4n) is 1.95. The van der Waals surface area contributed by atoms with Gasteiger partial charge in [-0.2, -0.15) is 8.42 Å². The van der Waals surface area contributed by atoms with Crippen molar-refractivity contribution in [3.8, 4) is 0 Å². The number of carbonyl (C=O) groups is 2. The Labute approximate surface area is 150 Å². The monoisotopic (exact) mass is 392 g/mol. The van der Waals surface area contributed by atoms with E-state index in [1.165, 1.54) is 0 Å². The minimum atomic E-state index is -5.28. The molecule has 1 N–H and O–H groups in total. The summed E-state index contributed by atoms with van der Waals surface area (Å²) in [5.41, 5.74) is -1.62. The van der Waals surface area contributed by atoms with Crippen molar-refractivity contribution in [2.45, 2.75) is 37.4 Å². The fraction of sp³-hybridized carbons (Fsp3) is 0.467. The van der Waals surface area contributed by atoms with E-state index in [0.29, 0.717) is 5.56 Å². The second-order valence-electron chi connectivity index (χ2n) is 5.58. The number of esters is 2. The van der Waals surface area contributed by atoms with Crippen LogP contribution in [0, 0.1) is 0 Å². The van der Waals surface area contributed by atoms with Crippen molar-refractivity contribution in [1.82, 2.24) is 0 Å². The summed E-state index contributed by atoms with van der Waals surface area (Å²) >= 11 is 0. The first kappa shape index (κ1) is 22.0. The lowest BCUT2D eigenvalue weighted by molar-refractivity contribution is -0.159. The van der Waals surface area contributed by atoms with Gasteiger partial charge in [0, 0.05) is 13.3 Å². The van der Waals surface area contributed by atoms with Gasteiger partial charge in [-0.1, -0.05) is 24.0 Å². The smallest absolute Gasteiger partial charge is 0.338 e. The average Bonchev–Trinajstić information content (AvgIpc) is 2.54. The molecule has 0 bridgehead atoms. The number of ether oxygens (including phenoxy) is 2. The zero-order valence-electron chi connectivity index (χ0n) is 14.3. The Hall–Kier alpha value is -2.01. The first-order valence-electron chi connectivity index (χ1n) is 7.74. The highest BCUT2D eigenvalue weighted by atomic mass is 32.2. The molecule has 1 atom stereocenters. The number of rotatable bonds is 9. The Balaban J connectivity index is 2.44. The van der Waals surface area contributed by atoms with Crippen molar-refractivity contribution in [2.24, 2.45) is 0 Å². The summed E-state index contributed by atoms with van der Waals surface area (Å²) in [4.78, 5) is 23.2. The van der Waals surface area contributed by atoms with Gasteiger partial charge in [0.05, 0.1) is 12.2 Å². The maximum atomic E-state index is 13.1. The van der Waals surface area contributed by atoms with Crippen LogP contribution in [0.3, 0.4) is 0 Å². The third-order valence-corrected chi connectivity index (χ3v) is 4.33. The van der Waals surface area contributed by atoms with E-state index in [-0.39, 0.29) is 20.0 Å². The van der Waals surface area contributed by atoms with Gasteiger partial charge in [-0.25, -0.2) is 13.6 Å². The van der Waals surface area contributed by atoms with E-state index in [4.69, 9.17) is 9.29 Å². The molecule has 0 saturated heterocycles. The molecule has 11 heteroatoms. The third-order valence-electron chi connectivity index (χ3n) is 3.28. The molecule has 0 heterocycles. The Kier molecular flexibility index (Phi) is 7.70. The summed E-state index contributed by atoms with van der Waals surface area (Å²) in [6, 6.07) is 6.73. The summed E-state index contributed by atoms with van der Waals surface area (Å²) < 4.78 is 65.7. The average molecular weight is 392 g/mol. The van der Waals surface area contributed by atoms with E-state index in [2.05, 4.69) is 4.74 Å². The number of alkyl halides is 2. The lowest BCUT2D eigenvalue weighted by Crippen LogP contribution is -2.41. The van der Waals surface area contributed by atoms with E-state index < -0.39 is 39.8 Å². The maximum Gasteiger partial charge on any atom is 0.338 e. The van der Waals surface area contributed by atoms with Crippen LogP contribution in [0.5, 0.6) is 0 Å². The molecule has 7 nitrogen and oxygen atoms in total. The van der Waals surface area contributed by atoms with Crippen LogP contribution in [-0.2, 0) is 30.7 Å². The quantitative estimate of drug-likeness (QED) is 0.291. The van der Waals surface area contributed by atoms with E-state index in [9.17, 15) is 26.8 Å². The first-order valence-corrected chi connectivity index (χ1v) is 9.25. The Bertz CT molecular complexity index is 729. The van der Waals surface area contributed by atoms with Crippen LogP contribution < -0.4 is 0 Å². The van der Waals surface area contributed by atoms with Gasteiger partial charge < -0.3 is 9.47 Å². The van der Waals surface area contributed by atoms with Crippen LogP contribution in [0.15, 0.2) is 24.3 Å². The lowest BCUT2D eigenvalue weighted by Gasteiger charge is -2.20. The molecule has 0 radical (unpaired) electrons. The van der Waals surface area contributed by atoms with Gasteiger partial charge in [-0.3, -0.25) is 9.35 Å². The van der Waals surface area contributed by atoms with E-state index >= 15 is 0 Å². The van der Waals surface area contributed by atoms with Crippen LogP contribution in [-0.4, -0.2) is 50.7 Å². The number of halogens is 2. The minimum absolute atomic E-state index is 0.0644. The first-order chi connectivity index (χ1) is 11.9. The molecule has 0 aliphatic rings. The van der Waals surface area contributed by atoms with Crippen molar-refractivity contribution in [3.05, 3.63) is 35.4 Å². The molecule has 144 valence electrons. The standard InChI is InChI=1S/C15H19BF2O7S/c1-15(17,18)14(26(21,22)23)25-12(19)3-2-8-24-13(20)11-6-4-10(9-16)5-7-11/h4-7,14H,2-3,8-9,16H2,1H3,(H,21,22,23). The van der Waals surface area contributed by atoms with Gasteiger partial charge in [-0.05, 0) is 18.6 Å². The Morgan fingerprint density at radius 1 is 1.27 bits per heavy atom. The second-order valence-corrected chi connectivity index (χ2v) is 7.04. The van der Waals surface area contributed by atoms with Crippen LogP contribution in [0.4, 0.5) is 8.78 Å². The molecule has 0 aliphatic heterocycles. The second kappa shape index (κ2) is 9.08. The van der Waals surface area contributed by atoms with Gasteiger partial charge in [0.1, 0.15) is 7.85 Å². The summed E-state index contributed by atoms with van der Waals surface area (Å²) in [6.07, 6.45) is 0.286. The molecule has 1 aromatic rings. The van der Waals surface area contributed by atoms with Crippen molar-refractivity contribution < 1.29 is 40.8 Å². The van der Waals surface area contributed by atoms with Gasteiger partial charge in [0.2, 0.25) is 0 Å². The molecular weight excluding hydrogens is 373 g/mol. The van der Waals surface area contributed by atoms with Crippen molar-refractivity contribution >= 4 is 29.9 Å². The van der Waals surface area contributed by atoms with Crippen LogP contribution >= 0.6 is 0 Å². The molecule has 26 heavy (non-hydrogen) atoms. The predicted molar refractivity (Wildman–Crippen MR) is 90.3 cm³/mol. The SMILES string of the molecule is BCc1ccc(C(=O)OCCCC(=O)OC(C(C)(F)F)S(=O)(=O)O)cc1. The molecule has 0 amide bonds. The topological polar surface area (TPSA) is 107 Å². The molecule has 1 unspecified atom stereocenters. The zero-order valence-corrected chi connectivity index (χ0v) is 15.1. The molecule has 0 aromatic heterocycles. The molecule has 0 spiro atoms. The van der Waals surface area contributed by atoms with E-state index in [1.54, 1.807) is 24.3 Å². The van der Waals surface area contributed by atoms with E-state index in [0.717, 1.165) is 11.9 Å². The number of hydrogen-bond acceptors (Lipinski definition) is 6. The van der Waals surface area contributed by atoms with Crippen molar-refractivity contribution in [2.75, 3.05) is 6.61 Å².